The molecule has 1 atom stereocenters. The largest absolute Gasteiger partial charge is 0.519 e. The molecule has 208 valence electrons. The Balaban J connectivity index is 1.51. The molecule has 2 aliphatic rings. The molecule has 0 amide bonds. The zero-order chi connectivity index (χ0) is 27.8. The Kier molecular flexibility index (Phi) is 7.17. The molecular weight excluding hydrogens is 517 g/mol. The lowest BCUT2D eigenvalue weighted by molar-refractivity contribution is -0.136. The number of benzene rings is 1. The highest BCUT2D eigenvalue weighted by atomic mass is 19.1. The van der Waals surface area contributed by atoms with Gasteiger partial charge in [0.05, 0.1) is 24.6 Å². The second-order valence-corrected chi connectivity index (χ2v) is 9.66. The number of nitrogens with zero attached hydrogens (tertiary/aromatic N) is 3. The Morgan fingerprint density at radius 2 is 2.00 bits per heavy atom. The molecule has 1 aromatic carbocycles. The highest BCUT2D eigenvalue weighted by molar-refractivity contribution is 5.97. The van der Waals surface area contributed by atoms with Crippen molar-refractivity contribution >= 4 is 29.0 Å². The van der Waals surface area contributed by atoms with Crippen LogP contribution in [0.25, 0.3) is 10.9 Å². The van der Waals surface area contributed by atoms with Gasteiger partial charge in [0, 0.05) is 37.9 Å². The Bertz CT molecular complexity index is 1540. The van der Waals surface area contributed by atoms with Crippen LogP contribution in [-0.2, 0) is 20.8 Å². The van der Waals surface area contributed by atoms with Crippen molar-refractivity contribution in [1.29, 1.82) is 0 Å². The summed E-state index contributed by atoms with van der Waals surface area (Å²) in [5.74, 6) is -1.30. The second kappa shape index (κ2) is 10.6. The SMILES string of the molecule is COc1c(N2CCN(Cc3oc(=O)oc3C)C(C)C2)c(F)cc2c(=O)c(C(=O)OCOC=O)cn(C3CC3)c12. The number of hydrogen-bond acceptors (Lipinski definition) is 11. The van der Waals surface area contributed by atoms with E-state index in [-0.39, 0.29) is 40.9 Å². The number of rotatable bonds is 9. The first-order valence-electron chi connectivity index (χ1n) is 12.5. The Morgan fingerprint density at radius 1 is 1.23 bits per heavy atom. The fourth-order valence-electron chi connectivity index (χ4n) is 5.05. The van der Waals surface area contributed by atoms with Crippen molar-refractivity contribution in [2.75, 3.05) is 38.4 Å². The first-order valence-corrected chi connectivity index (χ1v) is 12.5. The van der Waals surface area contributed by atoms with E-state index in [1.807, 2.05) is 11.8 Å². The molecule has 1 saturated carbocycles. The maximum absolute atomic E-state index is 15.8. The molecule has 1 saturated heterocycles. The van der Waals surface area contributed by atoms with E-state index in [0.29, 0.717) is 43.2 Å². The standard InChI is InChI=1S/C26H28FN3O9/c1-14-9-29(7-6-28(14)11-20-15(2)38-26(34)39-20)22-19(27)8-17-21(24(22)35-3)30(16-4-5-16)10-18(23(17)32)25(33)37-13-36-12-31/h8,10,12,14,16H,4-7,9,11,13H2,1-3H3. The van der Waals surface area contributed by atoms with Gasteiger partial charge < -0.3 is 32.5 Å². The number of pyridine rings is 1. The van der Waals surface area contributed by atoms with Crippen molar-refractivity contribution in [2.24, 2.45) is 0 Å². The topological polar surface area (TPSA) is 134 Å². The number of methoxy groups -OCH3 is 1. The third-order valence-corrected chi connectivity index (χ3v) is 7.15. The maximum Gasteiger partial charge on any atom is 0.519 e. The highest BCUT2D eigenvalue weighted by Crippen LogP contribution is 2.44. The number of esters is 1. The summed E-state index contributed by atoms with van der Waals surface area (Å²) >= 11 is 0. The number of aryl methyl sites for hydroxylation is 1. The van der Waals surface area contributed by atoms with Crippen LogP contribution in [0.3, 0.4) is 0 Å². The molecule has 1 unspecified atom stereocenters. The van der Waals surface area contributed by atoms with Crippen LogP contribution in [0.15, 0.2) is 30.7 Å². The van der Waals surface area contributed by atoms with Gasteiger partial charge in [-0.3, -0.25) is 14.5 Å². The molecule has 1 aliphatic carbocycles. The summed E-state index contributed by atoms with van der Waals surface area (Å²) in [5.41, 5.74) is -0.377. The van der Waals surface area contributed by atoms with E-state index in [4.69, 9.17) is 18.3 Å². The number of fused-ring (bicyclic) bond motifs is 1. The number of carbonyl (C=O) groups is 2. The number of carbonyl (C=O) groups excluding carboxylic acids is 2. The Labute approximate surface area is 221 Å². The minimum Gasteiger partial charge on any atom is -0.492 e. The average molecular weight is 546 g/mol. The molecule has 0 N–H and O–H groups in total. The summed E-state index contributed by atoms with van der Waals surface area (Å²) in [6.07, 6.45) is 3.03. The zero-order valence-electron chi connectivity index (χ0n) is 21.7. The van der Waals surface area contributed by atoms with Gasteiger partial charge in [0.2, 0.25) is 12.2 Å². The van der Waals surface area contributed by atoms with Crippen LogP contribution >= 0.6 is 0 Å². The van der Waals surface area contributed by atoms with Crippen LogP contribution in [0, 0.1) is 12.7 Å². The number of hydrogen-bond donors (Lipinski definition) is 0. The molecule has 1 aliphatic heterocycles. The molecule has 12 nitrogen and oxygen atoms in total. The normalized spacial score (nSPS) is 17.8. The van der Waals surface area contributed by atoms with Gasteiger partial charge in [-0.15, -0.1) is 0 Å². The average Bonchev–Trinajstić information content (AvgIpc) is 3.69. The molecular formula is C26H28FN3O9. The third-order valence-electron chi connectivity index (χ3n) is 7.15. The molecule has 3 heterocycles. The van der Waals surface area contributed by atoms with Crippen LogP contribution < -0.4 is 20.9 Å². The minimum atomic E-state index is -0.977. The number of piperazine rings is 1. The summed E-state index contributed by atoms with van der Waals surface area (Å²) < 4.78 is 42.6. The number of halogens is 1. The van der Waals surface area contributed by atoms with E-state index >= 15 is 4.39 Å². The van der Waals surface area contributed by atoms with Crippen LogP contribution in [0.1, 0.15) is 47.7 Å². The van der Waals surface area contributed by atoms with Crippen LogP contribution in [0.2, 0.25) is 0 Å². The second-order valence-electron chi connectivity index (χ2n) is 9.66. The van der Waals surface area contributed by atoms with Gasteiger partial charge in [0.15, 0.2) is 17.3 Å². The van der Waals surface area contributed by atoms with E-state index in [0.717, 1.165) is 18.9 Å². The lowest BCUT2D eigenvalue weighted by Crippen LogP contribution is -2.51. The molecule has 5 rings (SSSR count). The molecule has 2 aromatic heterocycles. The number of anilines is 1. The first kappa shape index (κ1) is 26.5. The smallest absolute Gasteiger partial charge is 0.492 e. The fourth-order valence-corrected chi connectivity index (χ4v) is 5.05. The summed E-state index contributed by atoms with van der Waals surface area (Å²) in [4.78, 5) is 51.6. The van der Waals surface area contributed by atoms with Gasteiger partial charge in [0.25, 0.3) is 6.47 Å². The highest BCUT2D eigenvalue weighted by Gasteiger charge is 2.34. The van der Waals surface area contributed by atoms with Crippen molar-refractivity contribution < 1.29 is 37.0 Å². The van der Waals surface area contributed by atoms with Crippen molar-refractivity contribution in [3.05, 3.63) is 56.0 Å². The molecule has 13 heteroatoms. The van der Waals surface area contributed by atoms with E-state index in [9.17, 15) is 19.2 Å². The van der Waals surface area contributed by atoms with E-state index in [1.165, 1.54) is 13.3 Å². The summed E-state index contributed by atoms with van der Waals surface area (Å²) in [6.45, 7) is 4.93. The lowest BCUT2D eigenvalue weighted by Gasteiger charge is -2.41. The van der Waals surface area contributed by atoms with E-state index in [1.54, 1.807) is 11.5 Å². The van der Waals surface area contributed by atoms with Crippen LogP contribution in [-0.4, -0.2) is 61.5 Å². The first-order chi connectivity index (χ1) is 18.7. The van der Waals surface area contributed by atoms with Gasteiger partial charge in [-0.25, -0.2) is 14.0 Å². The van der Waals surface area contributed by atoms with E-state index < -0.39 is 29.8 Å². The Hall–Kier alpha value is -4.13. The predicted octanol–water partition coefficient (Wildman–Crippen LogP) is 2.34. The monoisotopic (exact) mass is 545 g/mol. The number of aromatic nitrogens is 1. The quantitative estimate of drug-likeness (QED) is 0.170. The number of ether oxygens (including phenoxy) is 3. The molecule has 0 spiro atoms. The van der Waals surface area contributed by atoms with Crippen molar-refractivity contribution in [3.8, 4) is 5.75 Å². The molecule has 0 radical (unpaired) electrons. The molecule has 2 fully saturated rings. The summed E-state index contributed by atoms with van der Waals surface area (Å²) in [5, 5.41) is -0.0112. The third kappa shape index (κ3) is 5.01. The summed E-state index contributed by atoms with van der Waals surface area (Å²) in [6, 6.07) is 1.09. The van der Waals surface area contributed by atoms with Gasteiger partial charge in [-0.05, 0) is 32.8 Å². The van der Waals surface area contributed by atoms with Crippen LogP contribution in [0.4, 0.5) is 10.1 Å². The van der Waals surface area contributed by atoms with Gasteiger partial charge in [-0.1, -0.05) is 0 Å². The lowest BCUT2D eigenvalue weighted by atomic mass is 10.1. The van der Waals surface area contributed by atoms with Crippen molar-refractivity contribution in [1.82, 2.24) is 9.47 Å². The van der Waals surface area contributed by atoms with Crippen molar-refractivity contribution in [3.63, 3.8) is 0 Å². The van der Waals surface area contributed by atoms with Crippen molar-refractivity contribution in [2.45, 2.75) is 45.3 Å². The van der Waals surface area contributed by atoms with Gasteiger partial charge >= 0.3 is 11.8 Å². The summed E-state index contributed by atoms with van der Waals surface area (Å²) in [7, 11) is 1.42. The fraction of sp³-hybridized carbons (Fsp3) is 0.462. The zero-order valence-corrected chi connectivity index (χ0v) is 21.7. The molecule has 0 bridgehead atoms. The van der Waals surface area contributed by atoms with E-state index in [2.05, 4.69) is 9.64 Å². The van der Waals surface area contributed by atoms with Crippen LogP contribution in [0.5, 0.6) is 5.75 Å². The predicted molar refractivity (Wildman–Crippen MR) is 134 cm³/mol. The van der Waals surface area contributed by atoms with Gasteiger partial charge in [0.1, 0.15) is 17.0 Å². The molecule has 39 heavy (non-hydrogen) atoms. The minimum absolute atomic E-state index is 0.00159. The van der Waals surface area contributed by atoms with Gasteiger partial charge in [-0.2, -0.15) is 0 Å². The maximum atomic E-state index is 15.8. The molecule has 3 aromatic rings. The Morgan fingerprint density at radius 3 is 2.62 bits per heavy atom.